The van der Waals surface area contributed by atoms with Crippen molar-refractivity contribution in [2.24, 2.45) is 0 Å². The number of halogens is 2. The molecule has 0 aliphatic carbocycles. The van der Waals surface area contributed by atoms with Crippen LogP contribution in [0.3, 0.4) is 0 Å². The first kappa shape index (κ1) is 16.4. The molecule has 1 aromatic rings. The van der Waals surface area contributed by atoms with Crippen LogP contribution >= 0.6 is 27.5 Å². The van der Waals surface area contributed by atoms with E-state index in [0.29, 0.717) is 10.6 Å². The fraction of sp³-hybridized carbons (Fsp3) is 0.364. The van der Waals surface area contributed by atoms with Crippen molar-refractivity contribution < 1.29 is 8.42 Å². The predicted octanol–water partition coefficient (Wildman–Crippen LogP) is 2.23. The van der Waals surface area contributed by atoms with Crippen molar-refractivity contribution >= 4 is 37.7 Å². The molecule has 0 fully saturated rings. The van der Waals surface area contributed by atoms with Crippen LogP contribution in [0.5, 0.6) is 0 Å². The minimum Gasteiger partial charge on any atom is -0.197 e. The molecule has 0 aromatic heterocycles. The van der Waals surface area contributed by atoms with Crippen molar-refractivity contribution in [1.29, 1.82) is 5.26 Å². The largest absolute Gasteiger partial charge is 0.282 e. The highest BCUT2D eigenvalue weighted by Gasteiger charge is 2.25. The molecule has 0 N–H and O–H groups in total. The van der Waals surface area contributed by atoms with Crippen molar-refractivity contribution in [3.05, 3.63) is 33.3 Å². The Hall–Kier alpha value is -0.650. The van der Waals surface area contributed by atoms with Gasteiger partial charge in [0.25, 0.3) is 10.2 Å². The standard InChI is InChI=1S/C11H13BrClN3O2S/c1-15(2)19(17,18)16(6-5-14)8-9-3-4-10(12)7-11(9)13/h3-4,7H,6,8H2,1-2H3. The van der Waals surface area contributed by atoms with Crippen molar-refractivity contribution in [2.75, 3.05) is 20.6 Å². The molecule has 0 spiro atoms. The summed E-state index contributed by atoms with van der Waals surface area (Å²) >= 11 is 9.33. The third-order valence-corrected chi connectivity index (χ3v) is 5.08. The first-order valence-corrected chi connectivity index (χ1v) is 7.84. The second-order valence-corrected chi connectivity index (χ2v) is 7.42. The van der Waals surface area contributed by atoms with E-state index in [4.69, 9.17) is 16.9 Å². The summed E-state index contributed by atoms with van der Waals surface area (Å²) in [4.78, 5) is 0. The van der Waals surface area contributed by atoms with E-state index in [1.54, 1.807) is 18.2 Å². The molecule has 1 aromatic carbocycles. The first-order valence-electron chi connectivity index (χ1n) is 5.27. The SMILES string of the molecule is CN(C)S(=O)(=O)N(CC#N)Cc1ccc(Br)cc1Cl. The fourth-order valence-electron chi connectivity index (χ4n) is 1.37. The second kappa shape index (κ2) is 6.68. The van der Waals surface area contributed by atoms with Gasteiger partial charge in [-0.15, -0.1) is 0 Å². The van der Waals surface area contributed by atoms with Crippen LogP contribution in [0.15, 0.2) is 22.7 Å². The van der Waals surface area contributed by atoms with Crippen LogP contribution in [0.4, 0.5) is 0 Å². The highest BCUT2D eigenvalue weighted by atomic mass is 79.9. The van der Waals surface area contributed by atoms with Crippen LogP contribution in [0, 0.1) is 11.3 Å². The summed E-state index contributed by atoms with van der Waals surface area (Å²) in [6.07, 6.45) is 0. The van der Waals surface area contributed by atoms with E-state index in [1.807, 2.05) is 6.07 Å². The van der Waals surface area contributed by atoms with Gasteiger partial charge in [0.15, 0.2) is 0 Å². The van der Waals surface area contributed by atoms with Gasteiger partial charge in [-0.1, -0.05) is 33.6 Å². The van der Waals surface area contributed by atoms with Gasteiger partial charge >= 0.3 is 0 Å². The Kier molecular flexibility index (Phi) is 5.77. The number of hydrogen-bond donors (Lipinski definition) is 0. The molecule has 0 aliphatic heterocycles. The Morgan fingerprint density at radius 1 is 1.42 bits per heavy atom. The summed E-state index contributed by atoms with van der Waals surface area (Å²) < 4.78 is 27.0. The topological polar surface area (TPSA) is 64.4 Å². The van der Waals surface area contributed by atoms with Gasteiger partial charge in [0, 0.05) is 30.1 Å². The van der Waals surface area contributed by atoms with Gasteiger partial charge in [-0.25, -0.2) is 0 Å². The van der Waals surface area contributed by atoms with Crippen molar-refractivity contribution in [2.45, 2.75) is 6.54 Å². The normalized spacial score (nSPS) is 11.8. The summed E-state index contributed by atoms with van der Waals surface area (Å²) in [6, 6.07) is 7.03. The zero-order chi connectivity index (χ0) is 14.6. The molecule has 0 aliphatic rings. The van der Waals surface area contributed by atoms with E-state index in [1.165, 1.54) is 14.1 Å². The molecule has 0 saturated heterocycles. The smallest absolute Gasteiger partial charge is 0.197 e. The van der Waals surface area contributed by atoms with Crippen LogP contribution in [0.25, 0.3) is 0 Å². The number of rotatable bonds is 5. The molecule has 0 bridgehead atoms. The zero-order valence-electron chi connectivity index (χ0n) is 10.5. The summed E-state index contributed by atoms with van der Waals surface area (Å²) in [7, 11) is -0.813. The maximum atomic E-state index is 12.1. The molecule has 0 heterocycles. The van der Waals surface area contributed by atoms with Gasteiger partial charge in [-0.2, -0.15) is 22.3 Å². The predicted molar refractivity (Wildman–Crippen MR) is 77.8 cm³/mol. The van der Waals surface area contributed by atoms with E-state index >= 15 is 0 Å². The van der Waals surface area contributed by atoms with Crippen molar-refractivity contribution in [3.63, 3.8) is 0 Å². The van der Waals surface area contributed by atoms with Crippen molar-refractivity contribution in [3.8, 4) is 6.07 Å². The quantitative estimate of drug-likeness (QED) is 0.751. The Labute approximate surface area is 126 Å². The maximum Gasteiger partial charge on any atom is 0.282 e. The summed E-state index contributed by atoms with van der Waals surface area (Å²) in [6.45, 7) is -0.174. The molecule has 0 saturated carbocycles. The summed E-state index contributed by atoms with van der Waals surface area (Å²) in [5.74, 6) is 0. The minimum absolute atomic E-state index is 0.0557. The molecular weight excluding hydrogens is 354 g/mol. The monoisotopic (exact) mass is 365 g/mol. The average Bonchev–Trinajstić information content (AvgIpc) is 2.31. The van der Waals surface area contributed by atoms with Gasteiger partial charge < -0.3 is 0 Å². The highest BCUT2D eigenvalue weighted by molar-refractivity contribution is 9.10. The van der Waals surface area contributed by atoms with Gasteiger partial charge in [0.2, 0.25) is 0 Å². The van der Waals surface area contributed by atoms with Crippen LogP contribution < -0.4 is 0 Å². The molecule has 0 unspecified atom stereocenters. The lowest BCUT2D eigenvalue weighted by Crippen LogP contribution is -2.39. The minimum atomic E-state index is -3.65. The lowest BCUT2D eigenvalue weighted by atomic mass is 10.2. The third-order valence-electron chi connectivity index (χ3n) is 2.40. The van der Waals surface area contributed by atoms with Crippen LogP contribution in [-0.2, 0) is 16.8 Å². The Bertz CT molecular complexity index is 598. The highest BCUT2D eigenvalue weighted by Crippen LogP contribution is 2.23. The van der Waals surface area contributed by atoms with E-state index in [-0.39, 0.29) is 13.1 Å². The zero-order valence-corrected chi connectivity index (χ0v) is 13.6. The summed E-state index contributed by atoms with van der Waals surface area (Å²) in [5.41, 5.74) is 0.644. The Morgan fingerprint density at radius 2 is 2.05 bits per heavy atom. The molecule has 1 rings (SSSR count). The van der Waals surface area contributed by atoms with Gasteiger partial charge in [0.05, 0.1) is 6.07 Å². The lowest BCUT2D eigenvalue weighted by molar-refractivity contribution is 0.396. The number of nitrogens with zero attached hydrogens (tertiary/aromatic N) is 3. The number of nitriles is 1. The molecular formula is C11H13BrClN3O2S. The molecule has 8 heteroatoms. The van der Waals surface area contributed by atoms with E-state index in [9.17, 15) is 8.42 Å². The molecule has 5 nitrogen and oxygen atoms in total. The molecule has 19 heavy (non-hydrogen) atoms. The average molecular weight is 367 g/mol. The fourth-order valence-corrected chi connectivity index (χ4v) is 3.09. The van der Waals surface area contributed by atoms with Gasteiger partial charge in [0.1, 0.15) is 6.54 Å². The van der Waals surface area contributed by atoms with E-state index < -0.39 is 10.2 Å². The van der Waals surface area contributed by atoms with Gasteiger partial charge in [-0.05, 0) is 17.7 Å². The van der Waals surface area contributed by atoms with Crippen LogP contribution in [0.1, 0.15) is 5.56 Å². The van der Waals surface area contributed by atoms with Gasteiger partial charge in [-0.3, -0.25) is 0 Å². The van der Waals surface area contributed by atoms with Crippen molar-refractivity contribution in [1.82, 2.24) is 8.61 Å². The van der Waals surface area contributed by atoms with E-state index in [2.05, 4.69) is 15.9 Å². The number of hydrogen-bond acceptors (Lipinski definition) is 3. The molecule has 0 radical (unpaired) electrons. The molecule has 0 amide bonds. The Morgan fingerprint density at radius 3 is 2.53 bits per heavy atom. The van der Waals surface area contributed by atoms with Crippen LogP contribution in [0.2, 0.25) is 5.02 Å². The second-order valence-electron chi connectivity index (χ2n) is 3.95. The Balaban J connectivity index is 3.07. The van der Waals surface area contributed by atoms with Crippen LogP contribution in [-0.4, -0.2) is 37.7 Å². The number of benzene rings is 1. The molecule has 0 atom stereocenters. The third kappa shape index (κ3) is 4.16. The van der Waals surface area contributed by atoms with E-state index in [0.717, 1.165) is 13.1 Å². The lowest BCUT2D eigenvalue weighted by Gasteiger charge is -2.23. The molecule has 104 valence electrons. The first-order chi connectivity index (χ1) is 8.78. The summed E-state index contributed by atoms with van der Waals surface area (Å²) in [5, 5.41) is 9.21. The maximum absolute atomic E-state index is 12.1.